The highest BCUT2D eigenvalue weighted by atomic mass is 19.1. The largest absolute Gasteiger partial charge is 0.465 e. The van der Waals surface area contributed by atoms with Gasteiger partial charge in [-0.3, -0.25) is 4.79 Å². The summed E-state index contributed by atoms with van der Waals surface area (Å²) in [6.45, 7) is 0.454. The van der Waals surface area contributed by atoms with Crippen molar-refractivity contribution in [1.82, 2.24) is 0 Å². The summed E-state index contributed by atoms with van der Waals surface area (Å²) in [5, 5.41) is 2.88. The number of carbonyl (C=O) groups is 2. The van der Waals surface area contributed by atoms with Gasteiger partial charge in [0.2, 0.25) is 0 Å². The second-order valence-corrected chi connectivity index (χ2v) is 3.47. The second kappa shape index (κ2) is 3.92. The van der Waals surface area contributed by atoms with E-state index in [1.165, 1.54) is 13.2 Å². The molecule has 0 fully saturated rings. The van der Waals surface area contributed by atoms with Gasteiger partial charge in [0.05, 0.1) is 18.2 Å². The van der Waals surface area contributed by atoms with Gasteiger partial charge < -0.3 is 10.1 Å². The van der Waals surface area contributed by atoms with Crippen molar-refractivity contribution in [2.45, 2.75) is 6.42 Å². The lowest BCUT2D eigenvalue weighted by atomic mass is 9.96. The first-order valence-corrected chi connectivity index (χ1v) is 4.82. The van der Waals surface area contributed by atoms with Crippen LogP contribution in [0.2, 0.25) is 0 Å². The first-order valence-electron chi connectivity index (χ1n) is 4.82. The lowest BCUT2D eigenvalue weighted by molar-refractivity contribution is 0.0596. The number of anilines is 1. The van der Waals surface area contributed by atoms with Gasteiger partial charge in [0.15, 0.2) is 5.78 Å². The fourth-order valence-electron chi connectivity index (χ4n) is 1.75. The zero-order chi connectivity index (χ0) is 11.7. The first-order chi connectivity index (χ1) is 7.63. The molecule has 0 bridgehead atoms. The molecule has 0 radical (unpaired) electrons. The van der Waals surface area contributed by atoms with E-state index in [4.69, 9.17) is 0 Å². The number of Topliss-reactive ketones (excluding diaryl/α,β-unsaturated/α-hetero) is 1. The van der Waals surface area contributed by atoms with Crippen molar-refractivity contribution in [2.75, 3.05) is 19.0 Å². The SMILES string of the molecule is COC(=O)c1cc(F)cc2c1C(=O)CCN2. The van der Waals surface area contributed by atoms with Crippen LogP contribution in [0.5, 0.6) is 0 Å². The molecule has 2 rings (SSSR count). The van der Waals surface area contributed by atoms with Gasteiger partial charge in [-0.25, -0.2) is 9.18 Å². The number of fused-ring (bicyclic) bond motifs is 1. The number of hydrogen-bond acceptors (Lipinski definition) is 4. The van der Waals surface area contributed by atoms with Crippen LogP contribution in [-0.2, 0) is 4.74 Å². The van der Waals surface area contributed by atoms with Crippen LogP contribution in [0.1, 0.15) is 27.1 Å². The maximum atomic E-state index is 13.2. The molecule has 0 spiro atoms. The highest BCUT2D eigenvalue weighted by Crippen LogP contribution is 2.27. The molecule has 0 unspecified atom stereocenters. The summed E-state index contributed by atoms with van der Waals surface area (Å²) in [5.41, 5.74) is 0.561. The minimum atomic E-state index is -0.701. The van der Waals surface area contributed by atoms with Crippen LogP contribution in [0.25, 0.3) is 0 Å². The monoisotopic (exact) mass is 223 g/mol. The molecular formula is C11H10FNO3. The van der Waals surface area contributed by atoms with Crippen LogP contribution in [0.3, 0.4) is 0 Å². The van der Waals surface area contributed by atoms with E-state index in [1.54, 1.807) is 0 Å². The Bertz CT molecular complexity index is 471. The molecule has 0 saturated heterocycles. The van der Waals surface area contributed by atoms with Gasteiger partial charge in [0.25, 0.3) is 0 Å². The molecule has 1 aliphatic heterocycles. The zero-order valence-electron chi connectivity index (χ0n) is 8.67. The summed E-state index contributed by atoms with van der Waals surface area (Å²) >= 11 is 0. The van der Waals surface area contributed by atoms with Crippen molar-refractivity contribution in [3.63, 3.8) is 0 Å². The number of halogens is 1. The fraction of sp³-hybridized carbons (Fsp3) is 0.273. The molecule has 0 aliphatic carbocycles. The molecule has 1 heterocycles. The van der Waals surface area contributed by atoms with E-state index in [0.717, 1.165) is 6.07 Å². The van der Waals surface area contributed by atoms with E-state index >= 15 is 0 Å². The van der Waals surface area contributed by atoms with Crippen molar-refractivity contribution in [2.24, 2.45) is 0 Å². The lowest BCUT2D eigenvalue weighted by Crippen LogP contribution is -2.22. The predicted molar refractivity (Wildman–Crippen MR) is 55.2 cm³/mol. The summed E-state index contributed by atoms with van der Waals surface area (Å²) in [4.78, 5) is 23.1. The summed E-state index contributed by atoms with van der Waals surface area (Å²) < 4.78 is 17.7. The Kier molecular flexibility index (Phi) is 2.60. The highest BCUT2D eigenvalue weighted by molar-refractivity contribution is 6.11. The quantitative estimate of drug-likeness (QED) is 0.735. The molecule has 5 heteroatoms. The summed E-state index contributed by atoms with van der Waals surface area (Å²) in [6.07, 6.45) is 0.294. The Hall–Kier alpha value is -1.91. The summed E-state index contributed by atoms with van der Waals surface area (Å²) in [7, 11) is 1.19. The molecule has 1 aliphatic rings. The zero-order valence-corrected chi connectivity index (χ0v) is 8.67. The Balaban J connectivity index is 2.63. The van der Waals surface area contributed by atoms with E-state index < -0.39 is 11.8 Å². The maximum absolute atomic E-state index is 13.2. The Morgan fingerprint density at radius 3 is 2.94 bits per heavy atom. The average molecular weight is 223 g/mol. The van der Waals surface area contributed by atoms with Gasteiger partial charge in [0, 0.05) is 18.7 Å². The third-order valence-corrected chi connectivity index (χ3v) is 2.45. The van der Waals surface area contributed by atoms with E-state index in [1.807, 2.05) is 0 Å². The molecular weight excluding hydrogens is 213 g/mol. The van der Waals surface area contributed by atoms with Gasteiger partial charge >= 0.3 is 5.97 Å². The topological polar surface area (TPSA) is 55.4 Å². The molecule has 84 valence electrons. The number of methoxy groups -OCH3 is 1. The number of ketones is 1. The number of rotatable bonds is 1. The maximum Gasteiger partial charge on any atom is 0.338 e. The van der Waals surface area contributed by atoms with Gasteiger partial charge in [-0.15, -0.1) is 0 Å². The van der Waals surface area contributed by atoms with E-state index in [9.17, 15) is 14.0 Å². The van der Waals surface area contributed by atoms with Crippen molar-refractivity contribution >= 4 is 17.4 Å². The molecule has 0 aromatic heterocycles. The van der Waals surface area contributed by atoms with Gasteiger partial charge in [-0.1, -0.05) is 0 Å². The van der Waals surface area contributed by atoms with Crippen LogP contribution >= 0.6 is 0 Å². The Labute approximate surface area is 91.4 Å². The fourth-order valence-corrected chi connectivity index (χ4v) is 1.75. The van der Waals surface area contributed by atoms with Crippen molar-refractivity contribution in [3.05, 3.63) is 29.1 Å². The Morgan fingerprint density at radius 2 is 2.25 bits per heavy atom. The predicted octanol–water partition coefficient (Wildman–Crippen LogP) is 1.61. The molecule has 0 atom stereocenters. The first kappa shape index (κ1) is 10.6. The van der Waals surface area contributed by atoms with Crippen molar-refractivity contribution in [3.8, 4) is 0 Å². The van der Waals surface area contributed by atoms with Gasteiger partial charge in [0.1, 0.15) is 5.82 Å². The highest BCUT2D eigenvalue weighted by Gasteiger charge is 2.25. The van der Waals surface area contributed by atoms with Crippen molar-refractivity contribution < 1.29 is 18.7 Å². The molecule has 1 aromatic rings. The van der Waals surface area contributed by atoms with Crippen LogP contribution in [0, 0.1) is 5.82 Å². The van der Waals surface area contributed by atoms with Crippen molar-refractivity contribution in [1.29, 1.82) is 0 Å². The molecule has 0 amide bonds. The molecule has 16 heavy (non-hydrogen) atoms. The minimum Gasteiger partial charge on any atom is -0.465 e. The van der Waals surface area contributed by atoms with Gasteiger partial charge in [-0.2, -0.15) is 0 Å². The summed E-state index contributed by atoms with van der Waals surface area (Å²) in [5.74, 6) is -1.44. The molecule has 1 N–H and O–H groups in total. The standard InChI is InChI=1S/C11H10FNO3/c1-16-11(15)7-4-6(12)5-8-10(7)9(14)2-3-13-8/h4-5,13H,2-3H2,1H3. The number of carbonyl (C=O) groups excluding carboxylic acids is 2. The number of nitrogens with one attached hydrogen (secondary N) is 1. The third-order valence-electron chi connectivity index (χ3n) is 2.45. The number of benzene rings is 1. The average Bonchev–Trinajstić information content (AvgIpc) is 2.27. The molecule has 0 saturated carbocycles. The smallest absolute Gasteiger partial charge is 0.338 e. The Morgan fingerprint density at radius 1 is 1.50 bits per heavy atom. The van der Waals surface area contributed by atoms with Crippen LogP contribution in [0.4, 0.5) is 10.1 Å². The van der Waals surface area contributed by atoms with Crippen LogP contribution in [-0.4, -0.2) is 25.4 Å². The number of ether oxygens (including phenoxy) is 1. The normalized spacial score (nSPS) is 14.0. The molecule has 1 aromatic carbocycles. The van der Waals surface area contributed by atoms with Crippen LogP contribution in [0.15, 0.2) is 12.1 Å². The van der Waals surface area contributed by atoms with E-state index in [0.29, 0.717) is 18.7 Å². The van der Waals surface area contributed by atoms with E-state index in [-0.39, 0.29) is 16.9 Å². The third kappa shape index (κ3) is 1.64. The van der Waals surface area contributed by atoms with Crippen LogP contribution < -0.4 is 5.32 Å². The number of esters is 1. The minimum absolute atomic E-state index is 0.0188. The molecule has 4 nitrogen and oxygen atoms in total. The second-order valence-electron chi connectivity index (χ2n) is 3.47. The number of hydrogen-bond donors (Lipinski definition) is 1. The summed E-state index contributed by atoms with van der Waals surface area (Å²) in [6, 6.07) is 2.23. The lowest BCUT2D eigenvalue weighted by Gasteiger charge is -2.19. The van der Waals surface area contributed by atoms with E-state index in [2.05, 4.69) is 10.1 Å². The van der Waals surface area contributed by atoms with Gasteiger partial charge in [-0.05, 0) is 12.1 Å².